The van der Waals surface area contributed by atoms with Crippen LogP contribution in [0.3, 0.4) is 0 Å². The van der Waals surface area contributed by atoms with Crippen LogP contribution in [0.2, 0.25) is 0 Å². The molecule has 0 bridgehead atoms. The molecule has 0 aliphatic carbocycles. The molecule has 5 rings (SSSR count). The van der Waals surface area contributed by atoms with E-state index in [4.69, 9.17) is 14.2 Å². The fourth-order valence-electron chi connectivity index (χ4n) is 4.92. The maximum atomic E-state index is 13.5. The molecule has 39 heavy (non-hydrogen) atoms. The molecule has 0 fully saturated rings. The van der Waals surface area contributed by atoms with Crippen LogP contribution in [-0.2, 0) is 19.6 Å². The normalized spacial score (nSPS) is 13.5. The van der Waals surface area contributed by atoms with Crippen LogP contribution in [0.1, 0.15) is 59.8 Å². The number of aliphatic hydroxyl groups is 1. The van der Waals surface area contributed by atoms with Crippen molar-refractivity contribution in [3.8, 4) is 17.2 Å². The van der Waals surface area contributed by atoms with Gasteiger partial charge in [-0.25, -0.2) is 0 Å². The van der Waals surface area contributed by atoms with E-state index in [1.807, 2.05) is 68.5 Å². The molecule has 0 amide bonds. The number of ether oxygens (including phenoxy) is 3. The quantitative estimate of drug-likeness (QED) is 0.221. The summed E-state index contributed by atoms with van der Waals surface area (Å²) >= 11 is 0. The molecule has 1 aliphatic rings. The lowest BCUT2D eigenvalue weighted by Crippen LogP contribution is -2.27. The summed E-state index contributed by atoms with van der Waals surface area (Å²) in [5.74, 6) is 1.46. The number of carbonyl (C=O) groups excluding carboxylic acids is 1. The highest BCUT2D eigenvalue weighted by atomic mass is 16.5. The van der Waals surface area contributed by atoms with E-state index in [1.54, 1.807) is 6.07 Å². The van der Waals surface area contributed by atoms with E-state index in [-0.39, 0.29) is 19.0 Å². The third-order valence-corrected chi connectivity index (χ3v) is 6.93. The van der Waals surface area contributed by atoms with E-state index in [1.165, 1.54) is 0 Å². The fourth-order valence-corrected chi connectivity index (χ4v) is 4.92. The van der Waals surface area contributed by atoms with Crippen LogP contribution >= 0.6 is 0 Å². The Morgan fingerprint density at radius 1 is 0.949 bits per heavy atom. The smallest absolute Gasteiger partial charge is 0.203 e. The van der Waals surface area contributed by atoms with E-state index in [2.05, 4.69) is 31.2 Å². The number of carbonyl (C=O) groups is 1. The molecule has 0 atom stereocenters. The molecular weight excluding hydrogens is 488 g/mol. The van der Waals surface area contributed by atoms with Crippen molar-refractivity contribution in [3.63, 3.8) is 0 Å². The number of hydrogen-bond acceptors (Lipinski definition) is 5. The van der Waals surface area contributed by atoms with Gasteiger partial charge in [0.2, 0.25) is 5.78 Å². The predicted molar refractivity (Wildman–Crippen MR) is 155 cm³/mol. The summed E-state index contributed by atoms with van der Waals surface area (Å²) in [5.41, 5.74) is 3.52. The monoisotopic (exact) mass is 522 g/mol. The Kier molecular flexibility index (Phi) is 7.71. The van der Waals surface area contributed by atoms with Crippen LogP contribution in [0.4, 0.5) is 0 Å². The van der Waals surface area contributed by atoms with Gasteiger partial charge in [-0.15, -0.1) is 0 Å². The molecule has 4 aromatic carbocycles. The molecule has 0 radical (unpaired) electrons. The van der Waals surface area contributed by atoms with Crippen LogP contribution in [-0.4, -0.2) is 23.1 Å². The van der Waals surface area contributed by atoms with Crippen LogP contribution in [0.15, 0.2) is 78.9 Å². The van der Waals surface area contributed by atoms with Gasteiger partial charge in [0.1, 0.15) is 29.5 Å². The minimum Gasteiger partial charge on any atom is -0.488 e. The van der Waals surface area contributed by atoms with Gasteiger partial charge in [-0.2, -0.15) is 0 Å². The first-order chi connectivity index (χ1) is 18.9. The highest BCUT2D eigenvalue weighted by molar-refractivity contribution is 6.00. The van der Waals surface area contributed by atoms with E-state index in [0.29, 0.717) is 35.0 Å². The van der Waals surface area contributed by atoms with Crippen LogP contribution in [0, 0.1) is 0 Å². The Balaban J connectivity index is 1.40. The first-order valence-corrected chi connectivity index (χ1v) is 13.4. The fraction of sp³-hybridized carbons (Fsp3) is 0.265. The summed E-state index contributed by atoms with van der Waals surface area (Å²) in [5, 5.41) is 12.2. The number of aryl methyl sites for hydroxylation is 1. The number of benzene rings is 4. The zero-order valence-electron chi connectivity index (χ0n) is 22.7. The molecule has 0 saturated heterocycles. The highest BCUT2D eigenvalue weighted by Crippen LogP contribution is 2.39. The minimum absolute atomic E-state index is 0.196. The van der Waals surface area contributed by atoms with Gasteiger partial charge in [-0.3, -0.25) is 4.79 Å². The molecular formula is C34H34O5. The average Bonchev–Trinajstić information content (AvgIpc) is 2.94. The van der Waals surface area contributed by atoms with E-state index in [9.17, 15) is 9.90 Å². The van der Waals surface area contributed by atoms with Crippen molar-refractivity contribution >= 4 is 22.6 Å². The van der Waals surface area contributed by atoms with Gasteiger partial charge in [-0.1, -0.05) is 61.9 Å². The second-order valence-corrected chi connectivity index (χ2v) is 10.4. The zero-order valence-corrected chi connectivity index (χ0v) is 22.7. The number of aliphatic hydroxyl groups excluding tert-OH is 1. The molecule has 0 saturated carbocycles. The maximum absolute atomic E-state index is 13.5. The summed E-state index contributed by atoms with van der Waals surface area (Å²) in [6.45, 7) is 6.01. The maximum Gasteiger partial charge on any atom is 0.203 e. The van der Waals surface area contributed by atoms with Crippen molar-refractivity contribution in [2.45, 2.75) is 52.4 Å². The van der Waals surface area contributed by atoms with Crippen molar-refractivity contribution in [1.29, 1.82) is 0 Å². The van der Waals surface area contributed by atoms with Crippen molar-refractivity contribution < 1.29 is 24.1 Å². The molecule has 0 spiro atoms. The van der Waals surface area contributed by atoms with Gasteiger partial charge < -0.3 is 19.3 Å². The lowest BCUT2D eigenvalue weighted by atomic mass is 9.99. The van der Waals surface area contributed by atoms with Crippen molar-refractivity contribution in [2.24, 2.45) is 0 Å². The summed E-state index contributed by atoms with van der Waals surface area (Å²) in [6, 6.07) is 23.7. The van der Waals surface area contributed by atoms with E-state index >= 15 is 0 Å². The second kappa shape index (κ2) is 11.3. The van der Waals surface area contributed by atoms with Crippen LogP contribution < -0.4 is 14.2 Å². The molecule has 1 aliphatic heterocycles. The van der Waals surface area contributed by atoms with Crippen molar-refractivity contribution in [2.75, 3.05) is 6.61 Å². The average molecular weight is 523 g/mol. The van der Waals surface area contributed by atoms with Crippen molar-refractivity contribution in [3.05, 3.63) is 107 Å². The Labute approximate surface area is 229 Å². The summed E-state index contributed by atoms with van der Waals surface area (Å²) in [4.78, 5) is 13.5. The number of hydrogen-bond donors (Lipinski definition) is 1. The molecule has 5 nitrogen and oxygen atoms in total. The first kappa shape index (κ1) is 26.5. The number of ketones is 1. The molecule has 4 aromatic rings. The Morgan fingerprint density at radius 2 is 1.77 bits per heavy atom. The number of rotatable bonds is 10. The second-order valence-electron chi connectivity index (χ2n) is 10.4. The summed E-state index contributed by atoms with van der Waals surface area (Å²) in [6.07, 6.45) is 5.76. The van der Waals surface area contributed by atoms with Gasteiger partial charge >= 0.3 is 0 Å². The Bertz CT molecular complexity index is 1530. The molecule has 1 heterocycles. The lowest BCUT2D eigenvalue weighted by molar-refractivity contribution is 0.0913. The topological polar surface area (TPSA) is 65.0 Å². The third-order valence-electron chi connectivity index (χ3n) is 6.93. The van der Waals surface area contributed by atoms with Gasteiger partial charge in [0.25, 0.3) is 0 Å². The van der Waals surface area contributed by atoms with Gasteiger partial charge in [-0.05, 0) is 78.6 Å². The first-order valence-electron chi connectivity index (χ1n) is 13.4. The van der Waals surface area contributed by atoms with E-state index < -0.39 is 5.60 Å². The number of Topliss-reactive ketones (excluding diaryl/α,β-unsaturated/α-hetero) is 1. The van der Waals surface area contributed by atoms with Gasteiger partial charge in [0, 0.05) is 5.56 Å². The molecule has 1 N–H and O–H groups in total. The van der Waals surface area contributed by atoms with Crippen LogP contribution in [0.25, 0.3) is 16.8 Å². The Hall–Kier alpha value is -4.09. The lowest BCUT2D eigenvalue weighted by Gasteiger charge is -2.29. The molecule has 0 aromatic heterocycles. The largest absolute Gasteiger partial charge is 0.488 e. The molecule has 0 unspecified atom stereocenters. The Morgan fingerprint density at radius 3 is 2.59 bits per heavy atom. The standard InChI is InChI=1S/C34H34O5/c1-4-8-23-13-15-28(32(19-23)37-21-26-11-7-10-24-9-5-6-12-27(24)26)30(36)22-38-33-25(20-35)14-16-31-29(33)17-18-34(2,3)39-31/h5-7,9-19,35H,4,8,20-22H2,1-3H3. The predicted octanol–water partition coefficient (Wildman–Crippen LogP) is 7.31. The highest BCUT2D eigenvalue weighted by Gasteiger charge is 2.26. The van der Waals surface area contributed by atoms with Gasteiger partial charge in [0.15, 0.2) is 6.61 Å². The molecule has 5 heteroatoms. The summed E-state index contributed by atoms with van der Waals surface area (Å²) < 4.78 is 18.4. The summed E-state index contributed by atoms with van der Waals surface area (Å²) in [7, 11) is 0. The number of fused-ring (bicyclic) bond motifs is 2. The zero-order chi connectivity index (χ0) is 27.4. The van der Waals surface area contributed by atoms with Crippen LogP contribution in [0.5, 0.6) is 17.2 Å². The van der Waals surface area contributed by atoms with Gasteiger partial charge in [0.05, 0.1) is 17.7 Å². The SMILES string of the molecule is CCCc1ccc(C(=O)COc2c(CO)ccc3c2C=CC(C)(C)O3)c(OCc2cccc3ccccc23)c1. The molecule has 200 valence electrons. The third kappa shape index (κ3) is 5.84. The van der Waals surface area contributed by atoms with Crippen molar-refractivity contribution in [1.82, 2.24) is 0 Å². The minimum atomic E-state index is -0.447. The van der Waals surface area contributed by atoms with E-state index in [0.717, 1.165) is 40.3 Å².